The van der Waals surface area contributed by atoms with Crippen molar-refractivity contribution in [3.63, 3.8) is 0 Å². The van der Waals surface area contributed by atoms with Gasteiger partial charge in [-0.25, -0.2) is 0 Å². The van der Waals surface area contributed by atoms with Gasteiger partial charge >= 0.3 is 0 Å². The van der Waals surface area contributed by atoms with Crippen LogP contribution in [0, 0.1) is 6.92 Å². The second-order valence-electron chi connectivity index (χ2n) is 4.89. The van der Waals surface area contributed by atoms with Crippen LogP contribution in [-0.4, -0.2) is 10.1 Å². The first kappa shape index (κ1) is 12.6. The Morgan fingerprint density at radius 2 is 2.06 bits per heavy atom. The monoisotopic (exact) mass is 245 g/mol. The summed E-state index contributed by atoms with van der Waals surface area (Å²) in [5, 5.41) is 3.95. The summed E-state index contributed by atoms with van der Waals surface area (Å²) in [5.41, 5.74) is 9.02. The van der Waals surface area contributed by atoms with Gasteiger partial charge in [0.15, 0.2) is 5.82 Å². The first-order valence-corrected chi connectivity index (χ1v) is 6.23. The molecule has 0 aliphatic rings. The molecule has 4 nitrogen and oxygen atoms in total. The minimum atomic E-state index is 0.303. The summed E-state index contributed by atoms with van der Waals surface area (Å²) < 4.78 is 5.21. The van der Waals surface area contributed by atoms with Gasteiger partial charge in [-0.15, -0.1) is 0 Å². The van der Waals surface area contributed by atoms with E-state index in [9.17, 15) is 0 Å². The maximum Gasteiger partial charge on any atom is 0.226 e. The SMILES string of the molecule is Cc1ccc(CCc2nc(C(C)C)no2)cc1N. The van der Waals surface area contributed by atoms with Crippen LogP contribution in [0.4, 0.5) is 5.69 Å². The first-order chi connectivity index (χ1) is 8.56. The average Bonchev–Trinajstić information content (AvgIpc) is 2.79. The molecular formula is C14H19N3O. The zero-order valence-electron chi connectivity index (χ0n) is 11.1. The van der Waals surface area contributed by atoms with Gasteiger partial charge in [-0.1, -0.05) is 31.1 Å². The fourth-order valence-electron chi connectivity index (χ4n) is 1.70. The molecule has 0 radical (unpaired) electrons. The molecule has 4 heteroatoms. The summed E-state index contributed by atoms with van der Waals surface area (Å²) in [4.78, 5) is 4.36. The Bertz CT molecular complexity index is 532. The van der Waals surface area contributed by atoms with Gasteiger partial charge in [0, 0.05) is 18.0 Å². The quantitative estimate of drug-likeness (QED) is 0.841. The van der Waals surface area contributed by atoms with Crippen molar-refractivity contribution in [2.45, 2.75) is 39.5 Å². The molecular weight excluding hydrogens is 226 g/mol. The Labute approximate surface area is 107 Å². The standard InChI is InChI=1S/C14H19N3O/c1-9(2)14-16-13(18-17-14)7-6-11-5-4-10(3)12(15)8-11/h4-5,8-9H,6-7,15H2,1-3H3. The van der Waals surface area contributed by atoms with E-state index < -0.39 is 0 Å². The van der Waals surface area contributed by atoms with Crippen molar-refractivity contribution in [3.8, 4) is 0 Å². The van der Waals surface area contributed by atoms with Crippen molar-refractivity contribution >= 4 is 5.69 Å². The lowest BCUT2D eigenvalue weighted by molar-refractivity contribution is 0.371. The minimum Gasteiger partial charge on any atom is -0.399 e. The lowest BCUT2D eigenvalue weighted by Gasteiger charge is -2.03. The Kier molecular flexibility index (Phi) is 3.65. The zero-order chi connectivity index (χ0) is 13.1. The number of nitrogen functional groups attached to an aromatic ring is 1. The number of benzene rings is 1. The number of aromatic nitrogens is 2. The molecule has 0 aliphatic carbocycles. The molecule has 0 aliphatic heterocycles. The molecule has 96 valence electrons. The van der Waals surface area contributed by atoms with Crippen LogP contribution in [0.2, 0.25) is 0 Å². The van der Waals surface area contributed by atoms with Crippen molar-refractivity contribution in [2.75, 3.05) is 5.73 Å². The fraction of sp³-hybridized carbons (Fsp3) is 0.429. The largest absolute Gasteiger partial charge is 0.399 e. The van der Waals surface area contributed by atoms with E-state index in [4.69, 9.17) is 10.3 Å². The molecule has 0 spiro atoms. The molecule has 0 atom stereocenters. The van der Waals surface area contributed by atoms with E-state index in [0.29, 0.717) is 11.8 Å². The van der Waals surface area contributed by atoms with Gasteiger partial charge in [-0.2, -0.15) is 4.98 Å². The summed E-state index contributed by atoms with van der Waals surface area (Å²) in [7, 11) is 0. The van der Waals surface area contributed by atoms with Crippen molar-refractivity contribution in [3.05, 3.63) is 41.0 Å². The first-order valence-electron chi connectivity index (χ1n) is 6.23. The molecule has 0 fully saturated rings. The molecule has 18 heavy (non-hydrogen) atoms. The normalized spacial score (nSPS) is 11.1. The van der Waals surface area contributed by atoms with Gasteiger partial charge in [0.25, 0.3) is 0 Å². The number of anilines is 1. The lowest BCUT2D eigenvalue weighted by Crippen LogP contribution is -1.96. The third kappa shape index (κ3) is 2.88. The minimum absolute atomic E-state index is 0.303. The second kappa shape index (κ2) is 5.21. The number of nitrogens with zero attached hydrogens (tertiary/aromatic N) is 2. The zero-order valence-corrected chi connectivity index (χ0v) is 11.1. The van der Waals surface area contributed by atoms with Crippen LogP contribution in [0.25, 0.3) is 0 Å². The van der Waals surface area contributed by atoms with E-state index >= 15 is 0 Å². The molecule has 0 saturated carbocycles. The Hall–Kier alpha value is -1.84. The second-order valence-corrected chi connectivity index (χ2v) is 4.89. The van der Waals surface area contributed by atoms with Gasteiger partial charge in [-0.3, -0.25) is 0 Å². The van der Waals surface area contributed by atoms with Crippen LogP contribution in [0.5, 0.6) is 0 Å². The number of hydrogen-bond donors (Lipinski definition) is 1. The predicted octanol–water partition coefficient (Wildman–Crippen LogP) is 2.87. The van der Waals surface area contributed by atoms with Crippen molar-refractivity contribution in [1.29, 1.82) is 0 Å². The third-order valence-electron chi connectivity index (χ3n) is 2.97. The highest BCUT2D eigenvalue weighted by Crippen LogP contribution is 2.15. The fourth-order valence-corrected chi connectivity index (χ4v) is 1.70. The highest BCUT2D eigenvalue weighted by atomic mass is 16.5. The highest BCUT2D eigenvalue weighted by molar-refractivity contribution is 5.48. The van der Waals surface area contributed by atoms with E-state index in [0.717, 1.165) is 29.9 Å². The smallest absolute Gasteiger partial charge is 0.226 e. The van der Waals surface area contributed by atoms with Crippen LogP contribution in [0.3, 0.4) is 0 Å². The molecule has 0 saturated heterocycles. The van der Waals surface area contributed by atoms with Gasteiger partial charge in [-0.05, 0) is 30.5 Å². The van der Waals surface area contributed by atoms with E-state index in [1.54, 1.807) is 0 Å². The van der Waals surface area contributed by atoms with Crippen LogP contribution in [-0.2, 0) is 12.8 Å². The van der Waals surface area contributed by atoms with E-state index in [1.807, 2.05) is 19.1 Å². The molecule has 1 heterocycles. The maximum absolute atomic E-state index is 5.88. The molecule has 0 bridgehead atoms. The van der Waals surface area contributed by atoms with Crippen LogP contribution >= 0.6 is 0 Å². The number of nitrogens with two attached hydrogens (primary N) is 1. The molecule has 2 aromatic rings. The van der Waals surface area contributed by atoms with Gasteiger partial charge in [0.2, 0.25) is 5.89 Å². The summed E-state index contributed by atoms with van der Waals surface area (Å²) in [6.45, 7) is 6.11. The Morgan fingerprint density at radius 3 is 2.67 bits per heavy atom. The molecule has 0 unspecified atom stereocenters. The van der Waals surface area contributed by atoms with Gasteiger partial charge in [0.1, 0.15) is 0 Å². The Morgan fingerprint density at radius 1 is 1.28 bits per heavy atom. The van der Waals surface area contributed by atoms with Crippen molar-refractivity contribution in [2.24, 2.45) is 0 Å². The van der Waals surface area contributed by atoms with Gasteiger partial charge < -0.3 is 10.3 Å². The summed E-state index contributed by atoms with van der Waals surface area (Å²) in [6.07, 6.45) is 1.62. The lowest BCUT2D eigenvalue weighted by atomic mass is 10.1. The predicted molar refractivity (Wildman–Crippen MR) is 71.4 cm³/mol. The molecule has 0 amide bonds. The molecule has 1 aromatic carbocycles. The van der Waals surface area contributed by atoms with E-state index in [-0.39, 0.29) is 0 Å². The van der Waals surface area contributed by atoms with E-state index in [1.165, 1.54) is 5.56 Å². The topological polar surface area (TPSA) is 64.9 Å². The number of hydrogen-bond acceptors (Lipinski definition) is 4. The summed E-state index contributed by atoms with van der Waals surface area (Å²) in [6, 6.07) is 6.14. The van der Waals surface area contributed by atoms with Crippen molar-refractivity contribution in [1.82, 2.24) is 10.1 Å². The number of aryl methyl sites for hydroxylation is 3. The molecule has 2 rings (SSSR count). The summed E-state index contributed by atoms with van der Waals surface area (Å²) in [5.74, 6) is 1.77. The maximum atomic E-state index is 5.88. The third-order valence-corrected chi connectivity index (χ3v) is 2.97. The molecule has 1 aromatic heterocycles. The highest BCUT2D eigenvalue weighted by Gasteiger charge is 2.09. The average molecular weight is 245 g/mol. The van der Waals surface area contributed by atoms with Gasteiger partial charge in [0.05, 0.1) is 0 Å². The van der Waals surface area contributed by atoms with Crippen molar-refractivity contribution < 1.29 is 4.52 Å². The van der Waals surface area contributed by atoms with Crippen LogP contribution in [0.15, 0.2) is 22.7 Å². The van der Waals surface area contributed by atoms with E-state index in [2.05, 4.69) is 30.1 Å². The molecule has 2 N–H and O–H groups in total. The summed E-state index contributed by atoms with van der Waals surface area (Å²) >= 11 is 0. The Balaban J connectivity index is 2.00. The van der Waals surface area contributed by atoms with Crippen LogP contribution < -0.4 is 5.73 Å². The van der Waals surface area contributed by atoms with Crippen LogP contribution in [0.1, 0.15) is 42.6 Å². The number of rotatable bonds is 4.